The van der Waals surface area contributed by atoms with Crippen LogP contribution >= 0.6 is 33.3 Å². The van der Waals surface area contributed by atoms with Gasteiger partial charge in [0.15, 0.2) is 0 Å². The summed E-state index contributed by atoms with van der Waals surface area (Å²) in [5.74, 6) is 0. The molecule has 2 heterocycles. The SMILES string of the molecule is CN(C)c1cccc2cccc([Te@]3(Br)c4cccc5cccc(c45)[N+]3(C)C)c12.CN(C)c1cccc2cccc([Te@]3(Br)c4cccc5cccc(c45)[N+]3(C)C)c12.F[P-](F)(F)(F)(F)F.[Br-]. The molecule has 340 valence electrons. The van der Waals surface area contributed by atoms with Gasteiger partial charge in [-0.2, -0.15) is 0 Å². The van der Waals surface area contributed by atoms with Crippen molar-refractivity contribution in [2.75, 3.05) is 66.2 Å². The Kier molecular flexibility index (Phi) is 12.5. The second kappa shape index (κ2) is 16.3. The van der Waals surface area contributed by atoms with Crippen molar-refractivity contribution in [3.63, 3.8) is 0 Å². The topological polar surface area (TPSA) is 6.48 Å². The minimum absolute atomic E-state index is 0. The van der Waals surface area contributed by atoms with Crippen molar-refractivity contribution in [1.29, 1.82) is 0 Å². The first-order chi connectivity index (χ1) is 29.2. The molecule has 0 aliphatic carbocycles. The van der Waals surface area contributed by atoms with Gasteiger partial charge in [0.05, 0.1) is 0 Å². The van der Waals surface area contributed by atoms with Crippen molar-refractivity contribution in [3.05, 3.63) is 146 Å². The number of nitrogens with zero attached hydrogens (tertiary/aromatic N) is 4. The number of fused-ring (bicyclic) bond motifs is 2. The molecule has 0 fully saturated rings. The molecule has 0 radical (unpaired) electrons. The van der Waals surface area contributed by atoms with Crippen molar-refractivity contribution in [3.8, 4) is 0 Å². The van der Waals surface area contributed by atoms with Crippen LogP contribution in [0.3, 0.4) is 0 Å². The van der Waals surface area contributed by atoms with Gasteiger partial charge in [-0.25, -0.2) is 0 Å². The van der Waals surface area contributed by atoms with Gasteiger partial charge >= 0.3 is 389 Å². The summed E-state index contributed by atoms with van der Waals surface area (Å²) >= 11 is 2.93. The number of quaternary nitrogens is 2. The minimum atomic E-state index is -10.7. The van der Waals surface area contributed by atoms with Gasteiger partial charge in [-0.15, -0.1) is 0 Å². The third-order valence-corrected chi connectivity index (χ3v) is 49.8. The molecule has 0 aromatic heterocycles. The average molecular weight is 1320 g/mol. The summed E-state index contributed by atoms with van der Waals surface area (Å²) in [6.45, 7) is 0. The van der Waals surface area contributed by atoms with Gasteiger partial charge in [-0.3, -0.25) is 0 Å². The van der Waals surface area contributed by atoms with E-state index < -0.39 is 40.3 Å². The number of rotatable bonds is 4. The third kappa shape index (κ3) is 8.37. The second-order valence-electron chi connectivity index (χ2n) is 17.0. The van der Waals surface area contributed by atoms with E-state index in [0.717, 1.165) is 5.47 Å². The molecule has 0 amide bonds. The molecular weight excluding hydrogens is 1270 g/mol. The zero-order valence-electron chi connectivity index (χ0n) is 36.3. The van der Waals surface area contributed by atoms with Gasteiger partial charge < -0.3 is 17.0 Å². The van der Waals surface area contributed by atoms with Crippen molar-refractivity contribution < 1.29 is 42.2 Å². The standard InChI is InChI=1S/2C24H24BrN2Te.BrH.F6P/c2*1-26(2)19-13-5-9-17-11-7-15-21(23(17)19)28(25)22-16-8-12-18-10-6-14-20(24(18)22)27(28,3)4;;1-7(2,3,4,5)6/h2*5-16H,1-4H3;1H;/q2*+1;;-1/p-1. The summed E-state index contributed by atoms with van der Waals surface area (Å²) in [5, 5.41) is 11.0. The Labute approximate surface area is 401 Å². The van der Waals surface area contributed by atoms with Crippen molar-refractivity contribution in [1.82, 2.24) is 5.47 Å². The summed E-state index contributed by atoms with van der Waals surface area (Å²) in [6.07, 6.45) is 0. The van der Waals surface area contributed by atoms with Crippen LogP contribution in [0.1, 0.15) is 0 Å². The summed E-state index contributed by atoms with van der Waals surface area (Å²) in [4.78, 5) is 4.49. The summed E-state index contributed by atoms with van der Waals surface area (Å²) in [7, 11) is 7.48. The van der Waals surface area contributed by atoms with Gasteiger partial charge in [0.25, 0.3) is 0 Å². The fourth-order valence-corrected chi connectivity index (χ4v) is 36.5. The van der Waals surface area contributed by atoms with Crippen LogP contribution in [0.5, 0.6) is 0 Å². The molecule has 0 N–H and O–H groups in total. The van der Waals surface area contributed by atoms with E-state index in [9.17, 15) is 25.2 Å². The smallest absolute Gasteiger partial charge is 1.00 e. The maximum Gasteiger partial charge on any atom is -1.00 e. The quantitative estimate of drug-likeness (QED) is 0.0986. The zero-order chi connectivity index (χ0) is 45.8. The van der Waals surface area contributed by atoms with Gasteiger partial charge in [0, 0.05) is 0 Å². The van der Waals surface area contributed by atoms with Crippen molar-refractivity contribution in [2.24, 2.45) is 0 Å². The molecule has 10 rings (SSSR count). The summed E-state index contributed by atoms with van der Waals surface area (Å²) < 4.78 is 67.1. The molecule has 64 heavy (non-hydrogen) atoms. The van der Waals surface area contributed by atoms with Crippen LogP contribution in [0.2, 0.25) is 0 Å². The average Bonchev–Trinajstić information content (AvgIpc) is 3.51. The first-order valence-corrected chi connectivity index (χ1v) is 39.2. The van der Waals surface area contributed by atoms with E-state index >= 15 is 0 Å². The zero-order valence-corrected chi connectivity index (χ0v) is 46.6. The predicted molar refractivity (Wildman–Crippen MR) is 273 cm³/mol. The Morgan fingerprint density at radius 3 is 0.875 bits per heavy atom. The van der Waals surface area contributed by atoms with Crippen LogP contribution in [0.25, 0.3) is 43.1 Å². The number of halogens is 9. The molecule has 0 saturated carbocycles. The molecule has 2 aliphatic heterocycles. The van der Waals surface area contributed by atoms with Crippen LogP contribution in [-0.2, 0) is 0 Å². The van der Waals surface area contributed by atoms with E-state index in [1.165, 1.54) is 80.3 Å². The molecule has 0 unspecified atom stereocenters. The summed E-state index contributed by atoms with van der Waals surface area (Å²) in [5.41, 5.74) is 5.46. The minimum Gasteiger partial charge on any atom is -1.00 e. The maximum absolute atomic E-state index is 10.7. The Bertz CT molecular complexity index is 2930. The van der Waals surface area contributed by atoms with Crippen LogP contribution in [0.4, 0.5) is 47.9 Å². The largest absolute Gasteiger partial charge is 1.00 e. The molecule has 2 atom stereocenters. The molecule has 0 spiro atoms. The van der Waals surface area contributed by atoms with Crippen LogP contribution in [0, 0.1) is 0 Å². The normalized spacial score (nSPS) is 20.1. The van der Waals surface area contributed by atoms with Gasteiger partial charge in [-0.05, 0) is 0 Å². The Balaban J connectivity index is 0.000000165. The molecule has 16 heteroatoms. The molecule has 8 aromatic rings. The van der Waals surface area contributed by atoms with E-state index in [1.807, 2.05) is 0 Å². The van der Waals surface area contributed by atoms with Gasteiger partial charge in [0.1, 0.15) is 0 Å². The number of anilines is 2. The van der Waals surface area contributed by atoms with Crippen LogP contribution < -0.4 is 46.7 Å². The fourth-order valence-electron chi connectivity index (χ4n) is 9.19. The molecule has 4 nitrogen and oxygen atoms in total. The van der Waals surface area contributed by atoms with E-state index in [1.54, 1.807) is 0 Å². The van der Waals surface area contributed by atoms with E-state index in [4.69, 9.17) is 0 Å². The Morgan fingerprint density at radius 1 is 0.391 bits per heavy atom. The molecule has 0 saturated heterocycles. The Hall–Kier alpha value is -2.65. The van der Waals surface area contributed by atoms with Crippen LogP contribution in [0.15, 0.2) is 146 Å². The van der Waals surface area contributed by atoms with Gasteiger partial charge in [0.2, 0.25) is 0 Å². The first kappa shape index (κ1) is 49.3. The Morgan fingerprint density at radius 2 is 0.609 bits per heavy atom. The third-order valence-electron chi connectivity index (χ3n) is 11.9. The number of hydrogen-bond acceptors (Lipinski definition) is 2. The van der Waals surface area contributed by atoms with E-state index in [-0.39, 0.29) is 17.0 Å². The molecular formula is C48H48Br3F6N4PTe2. The van der Waals surface area contributed by atoms with Crippen LogP contribution in [-0.4, -0.2) is 88.9 Å². The van der Waals surface area contributed by atoms with E-state index in [0.29, 0.717) is 0 Å². The second-order valence-corrected chi connectivity index (χ2v) is 47.5. The number of benzene rings is 8. The molecule has 8 aromatic carbocycles. The first-order valence-electron chi connectivity index (χ1n) is 19.9. The fraction of sp³-hybridized carbons (Fsp3) is 0.167. The van der Waals surface area contributed by atoms with Crippen molar-refractivity contribution in [2.45, 2.75) is 0 Å². The molecule has 0 bridgehead atoms. The predicted octanol–water partition coefficient (Wildman–Crippen LogP) is 9.57. The van der Waals surface area contributed by atoms with Crippen molar-refractivity contribution >= 4 is 146 Å². The van der Waals surface area contributed by atoms with Gasteiger partial charge in [-0.1, -0.05) is 0 Å². The molecule has 2 aliphatic rings. The monoisotopic (exact) mass is 1320 g/mol. The number of hydrogen-bond donors (Lipinski definition) is 0. The van der Waals surface area contributed by atoms with E-state index in [2.05, 4.69) is 237 Å². The maximum atomic E-state index is 9.87. The summed E-state index contributed by atoms with van der Waals surface area (Å²) in [6, 6.07) is 54.2.